The quantitative estimate of drug-likeness (QED) is 0.336. The zero-order chi connectivity index (χ0) is 30.7. The third kappa shape index (κ3) is 6.55. The number of hydrogen-bond donors (Lipinski definition) is 3. The second-order valence-electron chi connectivity index (χ2n) is 10.5. The maximum absolute atomic E-state index is 13.5. The normalized spacial score (nSPS) is 15.1. The molecule has 1 aliphatic rings. The highest BCUT2D eigenvalue weighted by Crippen LogP contribution is 2.39. The van der Waals surface area contributed by atoms with Crippen LogP contribution in [0.1, 0.15) is 39.5 Å². The van der Waals surface area contributed by atoms with E-state index in [0.717, 1.165) is 0 Å². The molecular formula is C30H33FN6O5. The molecule has 0 radical (unpaired) electrons. The highest BCUT2D eigenvalue weighted by Gasteiger charge is 2.34. The highest BCUT2D eigenvalue weighted by atomic mass is 19.1. The number of rotatable bonds is 10. The number of hydrogen-bond acceptors (Lipinski definition) is 6. The van der Waals surface area contributed by atoms with E-state index in [1.54, 1.807) is 26.0 Å². The van der Waals surface area contributed by atoms with E-state index in [9.17, 15) is 28.7 Å². The van der Waals surface area contributed by atoms with Crippen molar-refractivity contribution in [1.29, 1.82) is 0 Å². The van der Waals surface area contributed by atoms with Crippen molar-refractivity contribution < 1.29 is 28.7 Å². The smallest absolute Gasteiger partial charge is 0.333 e. The van der Waals surface area contributed by atoms with Crippen LogP contribution in [0.4, 0.5) is 10.1 Å². The van der Waals surface area contributed by atoms with Crippen LogP contribution in [0.25, 0.3) is 11.3 Å². The molecule has 2 heterocycles. The molecule has 11 nitrogen and oxygen atoms in total. The standard InChI is InChI=1S/C30H33FN6O5/c1-17-11-26(36-15-24(30(41)42)22(14-28(36)39)19-5-7-20(31)8-6-19)23(13-21(17)29(32)40)25-12-18(2)37(34-25)16-27(38)33-9-10-35(3)4/h5-8,11-13,15,22H,9-10,14,16H2,1-4H3,(H2,32,40)(H,33,38)(H,41,42)/t22-/m0/s1. The van der Waals surface area contributed by atoms with Gasteiger partial charge in [-0.3, -0.25) is 24.0 Å². The number of nitrogens with two attached hydrogens (primary N) is 1. The highest BCUT2D eigenvalue weighted by molar-refractivity contribution is 6.06. The van der Waals surface area contributed by atoms with E-state index in [-0.39, 0.29) is 30.0 Å². The zero-order valence-corrected chi connectivity index (χ0v) is 23.8. The first kappa shape index (κ1) is 30.1. The molecule has 0 fully saturated rings. The summed E-state index contributed by atoms with van der Waals surface area (Å²) in [5.74, 6) is -3.80. The van der Waals surface area contributed by atoms with Gasteiger partial charge in [-0.05, 0) is 69.4 Å². The molecule has 4 rings (SSSR count). The van der Waals surface area contributed by atoms with Crippen LogP contribution in [0.5, 0.6) is 0 Å². The van der Waals surface area contributed by atoms with Crippen LogP contribution in [0.3, 0.4) is 0 Å². The number of primary amides is 1. The van der Waals surface area contributed by atoms with Crippen molar-refractivity contribution in [3.05, 3.63) is 82.4 Å². The third-order valence-corrected chi connectivity index (χ3v) is 7.11. The number of carboxylic acid groups (broad SMARTS) is 1. The van der Waals surface area contributed by atoms with Crippen LogP contribution >= 0.6 is 0 Å². The third-order valence-electron chi connectivity index (χ3n) is 7.11. The van der Waals surface area contributed by atoms with Crippen LogP contribution in [-0.4, -0.2) is 70.7 Å². The van der Waals surface area contributed by atoms with Crippen molar-refractivity contribution >= 4 is 29.4 Å². The largest absolute Gasteiger partial charge is 0.478 e. The summed E-state index contributed by atoms with van der Waals surface area (Å²) in [5, 5.41) is 17.5. The SMILES string of the molecule is Cc1cc(N2C=C(C(=O)O)[C@H](c3ccc(F)cc3)CC2=O)c(-c2cc(C)n(CC(=O)NCCN(C)C)n2)cc1C(N)=O. The van der Waals surface area contributed by atoms with E-state index < -0.39 is 29.5 Å². The Bertz CT molecular complexity index is 1580. The number of aromatic nitrogens is 2. The monoisotopic (exact) mass is 576 g/mol. The van der Waals surface area contributed by atoms with Gasteiger partial charge in [0.2, 0.25) is 17.7 Å². The van der Waals surface area contributed by atoms with Crippen molar-refractivity contribution in [2.75, 3.05) is 32.1 Å². The summed E-state index contributed by atoms with van der Waals surface area (Å²) in [7, 11) is 3.81. The summed E-state index contributed by atoms with van der Waals surface area (Å²) in [6, 6.07) is 10.2. The topological polar surface area (TPSA) is 151 Å². The number of anilines is 1. The Balaban J connectivity index is 1.77. The molecule has 4 N–H and O–H groups in total. The fourth-order valence-electron chi connectivity index (χ4n) is 4.86. The van der Waals surface area contributed by atoms with Crippen LogP contribution < -0.4 is 16.0 Å². The lowest BCUT2D eigenvalue weighted by atomic mass is 9.85. The molecule has 0 unspecified atom stereocenters. The summed E-state index contributed by atoms with van der Waals surface area (Å²) < 4.78 is 15.0. The van der Waals surface area contributed by atoms with E-state index in [1.165, 1.54) is 46.1 Å². The lowest BCUT2D eigenvalue weighted by molar-refractivity contribution is -0.133. The Morgan fingerprint density at radius 2 is 1.83 bits per heavy atom. The average molecular weight is 577 g/mol. The molecule has 0 saturated carbocycles. The summed E-state index contributed by atoms with van der Waals surface area (Å²) in [6.07, 6.45) is 1.08. The molecule has 2 aromatic carbocycles. The molecule has 0 bridgehead atoms. The molecule has 1 aliphatic heterocycles. The number of benzene rings is 2. The minimum atomic E-state index is -1.23. The van der Waals surface area contributed by atoms with Crippen LogP contribution in [0.15, 0.2) is 54.2 Å². The Labute approximate surface area is 242 Å². The predicted octanol–water partition coefficient (Wildman–Crippen LogP) is 2.57. The van der Waals surface area contributed by atoms with Gasteiger partial charge in [-0.15, -0.1) is 0 Å². The Morgan fingerprint density at radius 3 is 2.45 bits per heavy atom. The van der Waals surface area contributed by atoms with E-state index in [1.807, 2.05) is 19.0 Å². The Hall–Kier alpha value is -4.84. The van der Waals surface area contributed by atoms with Gasteiger partial charge in [0.25, 0.3) is 0 Å². The number of nitrogens with one attached hydrogen (secondary N) is 1. The molecular weight excluding hydrogens is 543 g/mol. The maximum Gasteiger partial charge on any atom is 0.333 e. The fourth-order valence-corrected chi connectivity index (χ4v) is 4.86. The molecule has 0 aliphatic carbocycles. The number of halogens is 1. The number of likely N-dealkylation sites (N-methyl/N-ethyl adjacent to an activating group) is 1. The van der Waals surface area contributed by atoms with E-state index in [0.29, 0.717) is 46.9 Å². The lowest BCUT2D eigenvalue weighted by Crippen LogP contribution is -2.35. The summed E-state index contributed by atoms with van der Waals surface area (Å²) in [4.78, 5) is 53.8. The molecule has 220 valence electrons. The number of amides is 3. The van der Waals surface area contributed by atoms with Crippen LogP contribution in [0, 0.1) is 19.7 Å². The minimum Gasteiger partial charge on any atom is -0.478 e. The average Bonchev–Trinajstić information content (AvgIpc) is 3.27. The number of nitrogens with zero attached hydrogens (tertiary/aromatic N) is 4. The fraction of sp³-hybridized carbons (Fsp3) is 0.300. The molecule has 12 heteroatoms. The first-order chi connectivity index (χ1) is 19.8. The number of aliphatic carboxylic acids is 1. The summed E-state index contributed by atoms with van der Waals surface area (Å²) >= 11 is 0. The second kappa shape index (κ2) is 12.4. The predicted molar refractivity (Wildman–Crippen MR) is 154 cm³/mol. The molecule has 0 spiro atoms. The Kier molecular flexibility index (Phi) is 8.86. The number of carboxylic acids is 1. The maximum atomic E-state index is 13.5. The molecule has 42 heavy (non-hydrogen) atoms. The number of carbonyl (C=O) groups excluding carboxylic acids is 3. The molecule has 1 atom stereocenters. The molecule has 3 amide bonds. The van der Waals surface area contributed by atoms with E-state index >= 15 is 0 Å². The van der Waals surface area contributed by atoms with Gasteiger partial charge in [0.05, 0.1) is 17.0 Å². The Morgan fingerprint density at radius 1 is 1.14 bits per heavy atom. The first-order valence-corrected chi connectivity index (χ1v) is 13.3. The van der Waals surface area contributed by atoms with Crippen molar-refractivity contribution in [3.8, 4) is 11.3 Å². The minimum absolute atomic E-state index is 0.0474. The van der Waals surface area contributed by atoms with Crippen molar-refractivity contribution in [2.24, 2.45) is 5.73 Å². The van der Waals surface area contributed by atoms with Crippen LogP contribution in [-0.2, 0) is 20.9 Å². The summed E-state index contributed by atoms with van der Waals surface area (Å²) in [5.41, 5.74) is 8.44. The van der Waals surface area contributed by atoms with Crippen molar-refractivity contribution in [1.82, 2.24) is 20.0 Å². The van der Waals surface area contributed by atoms with Gasteiger partial charge in [-0.2, -0.15) is 5.10 Å². The van der Waals surface area contributed by atoms with Crippen molar-refractivity contribution in [3.63, 3.8) is 0 Å². The van der Waals surface area contributed by atoms with Gasteiger partial charge >= 0.3 is 5.97 Å². The van der Waals surface area contributed by atoms with Gasteiger partial charge in [-0.25, -0.2) is 9.18 Å². The van der Waals surface area contributed by atoms with Gasteiger partial charge in [0.1, 0.15) is 12.4 Å². The van der Waals surface area contributed by atoms with Gasteiger partial charge in [-0.1, -0.05) is 12.1 Å². The van der Waals surface area contributed by atoms with Gasteiger partial charge in [0, 0.05) is 48.4 Å². The summed E-state index contributed by atoms with van der Waals surface area (Å²) in [6.45, 7) is 4.53. The first-order valence-electron chi connectivity index (χ1n) is 13.3. The molecule has 1 aromatic heterocycles. The molecule has 3 aromatic rings. The number of carbonyl (C=O) groups is 4. The number of aryl methyl sites for hydroxylation is 2. The second-order valence-corrected chi connectivity index (χ2v) is 10.5. The van der Waals surface area contributed by atoms with Gasteiger partial charge in [0.15, 0.2) is 0 Å². The lowest BCUT2D eigenvalue weighted by Gasteiger charge is -2.31. The molecule has 0 saturated heterocycles. The van der Waals surface area contributed by atoms with Crippen molar-refractivity contribution in [2.45, 2.75) is 32.7 Å². The van der Waals surface area contributed by atoms with Gasteiger partial charge < -0.3 is 21.1 Å². The van der Waals surface area contributed by atoms with E-state index in [4.69, 9.17) is 5.73 Å². The van der Waals surface area contributed by atoms with Crippen LogP contribution in [0.2, 0.25) is 0 Å². The zero-order valence-electron chi connectivity index (χ0n) is 23.8. The van der Waals surface area contributed by atoms with E-state index in [2.05, 4.69) is 10.4 Å².